The number of carbonyl (C=O) groups excluding carboxylic acids is 2. The van der Waals surface area contributed by atoms with E-state index in [1.165, 1.54) is 23.3 Å². The molecule has 0 radical (unpaired) electrons. The number of hydrogen-bond donors (Lipinski definition) is 3. The Kier molecular flexibility index (Phi) is 7.63. The predicted molar refractivity (Wildman–Crippen MR) is 132 cm³/mol. The van der Waals surface area contributed by atoms with Crippen LogP contribution in [0, 0.1) is 0 Å². The summed E-state index contributed by atoms with van der Waals surface area (Å²) in [6, 6.07) is 14.8. The predicted octanol–water partition coefficient (Wildman–Crippen LogP) is 3.46. The molecule has 0 fully saturated rings. The van der Waals surface area contributed by atoms with Crippen molar-refractivity contribution in [3.63, 3.8) is 0 Å². The molecule has 0 bridgehead atoms. The quantitative estimate of drug-likeness (QED) is 0.328. The number of nitrogens with zero attached hydrogens (tertiary/aromatic N) is 5. The van der Waals surface area contributed by atoms with Crippen molar-refractivity contribution in [3.05, 3.63) is 95.2 Å². The van der Waals surface area contributed by atoms with Gasteiger partial charge in [-0.25, -0.2) is 14.6 Å². The maximum absolute atomic E-state index is 12.6. The highest BCUT2D eigenvalue weighted by Crippen LogP contribution is 2.25. The molecule has 3 N–H and O–H groups in total. The van der Waals surface area contributed by atoms with E-state index in [1.807, 2.05) is 49.4 Å². The highest BCUT2D eigenvalue weighted by Gasteiger charge is 2.15. The minimum atomic E-state index is -0.475. The normalized spacial score (nSPS) is 11.5. The standard InChI is InChI=1S/C24H23ClN8O2/c1-16(18-8-5-9-26-12-18)30-22-20(25)10-19(13-28-22)23(35)31-24-29-15-33(32-24)14-21(34)27-11-17-6-3-2-4-7-17/h2-10,12-13,15-16H,11,14H2,1H3,(H,27,34)(H,28,30)(H,31,32,35). The number of hydrogen-bond acceptors (Lipinski definition) is 7. The molecule has 4 aromatic rings. The fourth-order valence-electron chi connectivity index (χ4n) is 3.19. The molecule has 2 amide bonds. The Morgan fingerprint density at radius 2 is 1.91 bits per heavy atom. The summed E-state index contributed by atoms with van der Waals surface area (Å²) in [5, 5.41) is 13.0. The second-order valence-corrected chi connectivity index (χ2v) is 8.10. The molecule has 0 saturated heterocycles. The molecule has 0 aliphatic carbocycles. The van der Waals surface area contributed by atoms with Gasteiger partial charge in [-0.2, -0.15) is 0 Å². The summed E-state index contributed by atoms with van der Waals surface area (Å²) in [7, 11) is 0. The lowest BCUT2D eigenvalue weighted by Crippen LogP contribution is -2.27. The first kappa shape index (κ1) is 23.8. The second-order valence-electron chi connectivity index (χ2n) is 7.69. The highest BCUT2D eigenvalue weighted by atomic mass is 35.5. The van der Waals surface area contributed by atoms with Gasteiger partial charge in [-0.3, -0.25) is 19.9 Å². The van der Waals surface area contributed by atoms with Gasteiger partial charge in [0.1, 0.15) is 18.7 Å². The molecule has 0 aliphatic rings. The highest BCUT2D eigenvalue weighted by molar-refractivity contribution is 6.33. The Morgan fingerprint density at radius 1 is 1.09 bits per heavy atom. The zero-order valence-corrected chi connectivity index (χ0v) is 19.6. The molecule has 4 rings (SSSR count). The molecule has 3 heterocycles. The Morgan fingerprint density at radius 3 is 2.66 bits per heavy atom. The molecule has 3 aromatic heterocycles. The van der Waals surface area contributed by atoms with Gasteiger partial charge in [0.05, 0.1) is 16.6 Å². The number of amides is 2. The fourth-order valence-corrected chi connectivity index (χ4v) is 3.41. The number of anilines is 2. The van der Waals surface area contributed by atoms with Crippen LogP contribution in [0.1, 0.15) is 34.5 Å². The molecule has 1 atom stereocenters. The van der Waals surface area contributed by atoms with Crippen molar-refractivity contribution in [1.29, 1.82) is 0 Å². The van der Waals surface area contributed by atoms with E-state index in [1.54, 1.807) is 12.4 Å². The van der Waals surface area contributed by atoms with Gasteiger partial charge in [0.2, 0.25) is 11.9 Å². The van der Waals surface area contributed by atoms with E-state index in [9.17, 15) is 9.59 Å². The fraction of sp³-hybridized carbons (Fsp3) is 0.167. The van der Waals surface area contributed by atoms with Crippen LogP contribution >= 0.6 is 11.6 Å². The van der Waals surface area contributed by atoms with Gasteiger partial charge in [-0.05, 0) is 30.2 Å². The summed E-state index contributed by atoms with van der Waals surface area (Å²) < 4.78 is 1.34. The number of halogens is 1. The molecule has 178 valence electrons. The monoisotopic (exact) mass is 490 g/mol. The van der Waals surface area contributed by atoms with Gasteiger partial charge in [-0.15, -0.1) is 5.10 Å². The molecule has 11 heteroatoms. The third-order valence-corrected chi connectivity index (χ3v) is 5.33. The number of nitrogens with one attached hydrogen (secondary N) is 3. The number of carbonyl (C=O) groups is 2. The first-order valence-corrected chi connectivity index (χ1v) is 11.2. The summed E-state index contributed by atoms with van der Waals surface area (Å²) in [6.07, 6.45) is 6.24. The lowest BCUT2D eigenvalue weighted by atomic mass is 10.1. The smallest absolute Gasteiger partial charge is 0.259 e. The Balaban J connectivity index is 1.31. The minimum absolute atomic E-state index is 0.0292. The van der Waals surface area contributed by atoms with Gasteiger partial charge >= 0.3 is 0 Å². The van der Waals surface area contributed by atoms with E-state index in [2.05, 4.69) is 36.0 Å². The van der Waals surface area contributed by atoms with E-state index >= 15 is 0 Å². The van der Waals surface area contributed by atoms with Crippen LogP contribution in [0.25, 0.3) is 0 Å². The second kappa shape index (κ2) is 11.2. The van der Waals surface area contributed by atoms with Crippen molar-refractivity contribution < 1.29 is 9.59 Å². The van der Waals surface area contributed by atoms with Crippen LogP contribution in [0.2, 0.25) is 5.02 Å². The van der Waals surface area contributed by atoms with E-state index in [4.69, 9.17) is 11.6 Å². The van der Waals surface area contributed by atoms with Crippen molar-refractivity contribution in [1.82, 2.24) is 30.0 Å². The van der Waals surface area contributed by atoms with Gasteiger partial charge in [0, 0.05) is 25.1 Å². The van der Waals surface area contributed by atoms with E-state index in [-0.39, 0.29) is 30.0 Å². The van der Waals surface area contributed by atoms with Crippen LogP contribution in [0.15, 0.2) is 73.4 Å². The number of aromatic nitrogens is 5. The summed E-state index contributed by atoms with van der Waals surface area (Å²) in [6.45, 7) is 2.34. The molecular formula is C24H23ClN8O2. The Bertz CT molecular complexity index is 1300. The van der Waals surface area contributed by atoms with Gasteiger partial charge in [0.15, 0.2) is 0 Å². The van der Waals surface area contributed by atoms with Crippen LogP contribution in [-0.2, 0) is 17.9 Å². The topological polar surface area (TPSA) is 127 Å². The van der Waals surface area contributed by atoms with Crippen LogP contribution in [-0.4, -0.2) is 36.5 Å². The average Bonchev–Trinajstić information content (AvgIpc) is 3.31. The third kappa shape index (κ3) is 6.61. The molecule has 35 heavy (non-hydrogen) atoms. The third-order valence-electron chi connectivity index (χ3n) is 5.04. The van der Waals surface area contributed by atoms with E-state index < -0.39 is 5.91 Å². The first-order valence-electron chi connectivity index (χ1n) is 10.8. The summed E-state index contributed by atoms with van der Waals surface area (Å²) in [5.74, 6) is -0.188. The van der Waals surface area contributed by atoms with Crippen molar-refractivity contribution in [3.8, 4) is 0 Å². The van der Waals surface area contributed by atoms with Crippen molar-refractivity contribution in [2.75, 3.05) is 10.6 Å². The van der Waals surface area contributed by atoms with E-state index in [0.29, 0.717) is 17.4 Å². The number of rotatable bonds is 9. The summed E-state index contributed by atoms with van der Waals surface area (Å²) >= 11 is 6.34. The van der Waals surface area contributed by atoms with E-state index in [0.717, 1.165) is 11.1 Å². The Labute approximate surface area is 206 Å². The number of pyridine rings is 2. The van der Waals surface area contributed by atoms with Gasteiger partial charge in [0.25, 0.3) is 5.91 Å². The lowest BCUT2D eigenvalue weighted by Gasteiger charge is -2.15. The average molecular weight is 491 g/mol. The van der Waals surface area contributed by atoms with Gasteiger partial charge in [-0.1, -0.05) is 48.0 Å². The molecule has 0 spiro atoms. The van der Waals surface area contributed by atoms with Crippen LogP contribution in [0.4, 0.5) is 11.8 Å². The maximum atomic E-state index is 12.6. The maximum Gasteiger partial charge on any atom is 0.259 e. The van der Waals surface area contributed by atoms with Crippen molar-refractivity contribution in [2.24, 2.45) is 0 Å². The van der Waals surface area contributed by atoms with Crippen molar-refractivity contribution >= 4 is 35.2 Å². The molecular weight excluding hydrogens is 468 g/mol. The molecule has 10 nitrogen and oxygen atoms in total. The van der Waals surface area contributed by atoms with Crippen molar-refractivity contribution in [2.45, 2.75) is 26.1 Å². The van der Waals surface area contributed by atoms with Gasteiger partial charge < -0.3 is 10.6 Å². The zero-order chi connectivity index (χ0) is 24.6. The first-order chi connectivity index (χ1) is 17.0. The van der Waals surface area contributed by atoms with Crippen LogP contribution in [0.5, 0.6) is 0 Å². The molecule has 1 aromatic carbocycles. The molecule has 0 aliphatic heterocycles. The lowest BCUT2D eigenvalue weighted by molar-refractivity contribution is -0.122. The number of benzene rings is 1. The SMILES string of the molecule is CC(Nc1ncc(C(=O)Nc2ncn(CC(=O)NCc3ccccc3)n2)cc1Cl)c1cccnc1. The largest absolute Gasteiger partial charge is 0.362 e. The summed E-state index contributed by atoms with van der Waals surface area (Å²) in [5.41, 5.74) is 2.21. The summed E-state index contributed by atoms with van der Waals surface area (Å²) in [4.78, 5) is 37.2. The molecule has 0 saturated carbocycles. The van der Waals surface area contributed by atoms with Crippen LogP contribution < -0.4 is 16.0 Å². The Hall–Kier alpha value is -4.31. The minimum Gasteiger partial charge on any atom is -0.362 e. The van der Waals surface area contributed by atoms with Crippen LogP contribution in [0.3, 0.4) is 0 Å². The molecule has 1 unspecified atom stereocenters. The zero-order valence-electron chi connectivity index (χ0n) is 18.9.